The van der Waals surface area contributed by atoms with Crippen molar-refractivity contribution >= 4 is 17.6 Å². The van der Waals surface area contributed by atoms with Gasteiger partial charge in [0.2, 0.25) is 12.1 Å². The first-order chi connectivity index (χ1) is 7.84. The first-order valence-corrected chi connectivity index (χ1v) is 4.99. The maximum absolute atomic E-state index is 11.0. The Bertz CT molecular complexity index is 440. The number of nitrogens with zero attached hydrogens (tertiary/aromatic N) is 3. The van der Waals surface area contributed by atoms with Crippen LogP contribution in [0, 0.1) is 16.0 Å². The summed E-state index contributed by atoms with van der Waals surface area (Å²) in [5.74, 6) is -1.55. The Morgan fingerprint density at radius 1 is 1.65 bits per heavy atom. The predicted octanol–water partition coefficient (Wildman–Crippen LogP) is 0.849. The summed E-state index contributed by atoms with van der Waals surface area (Å²) in [5, 5.41) is 22.3. The number of carbonyl (C=O) groups is 1. The number of imidazole rings is 1. The van der Waals surface area contributed by atoms with Gasteiger partial charge in [-0.2, -0.15) is 0 Å². The summed E-state index contributed by atoms with van der Waals surface area (Å²) in [6, 6.07) is -0.899. The number of hydrogen-bond donors (Lipinski definition) is 2. The van der Waals surface area contributed by atoms with E-state index in [-0.39, 0.29) is 17.6 Å². The molecule has 2 N–H and O–H groups in total. The molecule has 0 saturated carbocycles. The maximum atomic E-state index is 11.0. The average Bonchev–Trinajstić information content (AvgIpc) is 2.55. The molecule has 0 aromatic carbocycles. The Morgan fingerprint density at radius 3 is 2.65 bits per heavy atom. The highest BCUT2D eigenvalue weighted by atomic mass is 16.6. The zero-order valence-corrected chi connectivity index (χ0v) is 9.75. The van der Waals surface area contributed by atoms with Gasteiger partial charge in [-0.25, -0.2) is 4.79 Å². The molecule has 0 radical (unpaired) electrons. The molecule has 94 valence electrons. The molecule has 0 aliphatic heterocycles. The SMILES string of the molecule is CC(C)[C@@H](Nc1c([N+](=O)[O-])ncn1C)C(=O)O. The molecule has 8 nitrogen and oxygen atoms in total. The van der Waals surface area contributed by atoms with Crippen molar-refractivity contribution < 1.29 is 14.8 Å². The van der Waals surface area contributed by atoms with E-state index in [4.69, 9.17) is 5.11 Å². The molecule has 1 heterocycles. The van der Waals surface area contributed by atoms with Gasteiger partial charge in [-0.15, -0.1) is 0 Å². The minimum absolute atomic E-state index is 0.0936. The van der Waals surface area contributed by atoms with Gasteiger partial charge in [-0.3, -0.25) is 4.57 Å². The minimum atomic E-state index is -1.06. The summed E-state index contributed by atoms with van der Waals surface area (Å²) < 4.78 is 1.39. The second kappa shape index (κ2) is 4.81. The fourth-order valence-electron chi connectivity index (χ4n) is 1.38. The summed E-state index contributed by atoms with van der Waals surface area (Å²) in [4.78, 5) is 24.6. The van der Waals surface area contributed by atoms with Crippen LogP contribution in [0.3, 0.4) is 0 Å². The molecule has 0 spiro atoms. The zero-order valence-electron chi connectivity index (χ0n) is 9.75. The first kappa shape index (κ1) is 12.9. The fourth-order valence-corrected chi connectivity index (χ4v) is 1.38. The van der Waals surface area contributed by atoms with Crippen LogP contribution in [0.5, 0.6) is 0 Å². The van der Waals surface area contributed by atoms with Crippen LogP contribution in [0.25, 0.3) is 0 Å². The average molecular weight is 242 g/mol. The minimum Gasteiger partial charge on any atom is -0.480 e. The molecule has 0 saturated heterocycles. The summed E-state index contributed by atoms with van der Waals surface area (Å²) in [6.45, 7) is 3.43. The number of hydrogen-bond acceptors (Lipinski definition) is 5. The van der Waals surface area contributed by atoms with Crippen LogP contribution in [0.2, 0.25) is 0 Å². The predicted molar refractivity (Wildman–Crippen MR) is 59.7 cm³/mol. The van der Waals surface area contributed by atoms with Crippen molar-refractivity contribution in [2.24, 2.45) is 13.0 Å². The molecular formula is C9H14N4O4. The van der Waals surface area contributed by atoms with E-state index in [1.165, 1.54) is 10.9 Å². The second-order valence-corrected chi connectivity index (χ2v) is 3.99. The molecule has 8 heteroatoms. The van der Waals surface area contributed by atoms with Crippen molar-refractivity contribution in [3.63, 3.8) is 0 Å². The van der Waals surface area contributed by atoms with Gasteiger partial charge in [0.05, 0.1) is 0 Å². The molecule has 0 amide bonds. The van der Waals surface area contributed by atoms with Crippen molar-refractivity contribution in [1.82, 2.24) is 9.55 Å². The van der Waals surface area contributed by atoms with Crippen molar-refractivity contribution in [3.05, 3.63) is 16.4 Å². The quantitative estimate of drug-likeness (QED) is 0.585. The molecule has 1 aromatic heterocycles. The number of nitro groups is 1. The molecule has 0 unspecified atom stereocenters. The smallest absolute Gasteiger partial charge is 0.406 e. The highest BCUT2D eigenvalue weighted by Crippen LogP contribution is 2.23. The van der Waals surface area contributed by atoms with E-state index in [0.717, 1.165) is 0 Å². The molecular weight excluding hydrogens is 228 g/mol. The zero-order chi connectivity index (χ0) is 13.2. The van der Waals surface area contributed by atoms with Gasteiger partial charge >= 0.3 is 11.8 Å². The maximum Gasteiger partial charge on any atom is 0.406 e. The van der Waals surface area contributed by atoms with Crippen molar-refractivity contribution in [1.29, 1.82) is 0 Å². The van der Waals surface area contributed by atoms with Gasteiger partial charge in [0.25, 0.3) is 0 Å². The number of rotatable bonds is 5. The monoisotopic (exact) mass is 242 g/mol. The number of carboxylic acid groups (broad SMARTS) is 1. The Hall–Kier alpha value is -2.12. The second-order valence-electron chi connectivity index (χ2n) is 3.99. The number of nitrogens with one attached hydrogen (secondary N) is 1. The van der Waals surface area contributed by atoms with Crippen LogP contribution in [0.4, 0.5) is 11.6 Å². The van der Waals surface area contributed by atoms with Gasteiger partial charge in [-0.1, -0.05) is 13.8 Å². The van der Waals surface area contributed by atoms with Gasteiger partial charge in [-0.05, 0) is 15.8 Å². The summed E-state index contributed by atoms with van der Waals surface area (Å²) in [5.41, 5.74) is 0. The summed E-state index contributed by atoms with van der Waals surface area (Å²) >= 11 is 0. The number of aliphatic carboxylic acids is 1. The van der Waals surface area contributed by atoms with Gasteiger partial charge in [0.15, 0.2) is 0 Å². The van der Waals surface area contributed by atoms with Crippen molar-refractivity contribution in [2.75, 3.05) is 5.32 Å². The molecule has 1 rings (SSSR count). The normalized spacial score (nSPS) is 12.5. The molecule has 0 aliphatic rings. The van der Waals surface area contributed by atoms with Crippen LogP contribution in [-0.2, 0) is 11.8 Å². The molecule has 0 fully saturated rings. The number of aryl methyl sites for hydroxylation is 1. The highest BCUT2D eigenvalue weighted by Gasteiger charge is 2.27. The van der Waals surface area contributed by atoms with E-state index in [1.807, 2.05) is 0 Å². The number of aromatic nitrogens is 2. The molecule has 1 aromatic rings. The van der Waals surface area contributed by atoms with Crippen LogP contribution in [0.1, 0.15) is 13.8 Å². The lowest BCUT2D eigenvalue weighted by atomic mass is 10.1. The standard InChI is InChI=1S/C9H14N4O4/c1-5(2)6(9(14)15)11-8-7(13(16)17)10-4-12(8)3/h4-6,11H,1-3H3,(H,14,15)/t6-/m1/s1. The molecule has 0 aliphatic carbocycles. The van der Waals surface area contributed by atoms with Crippen LogP contribution >= 0.6 is 0 Å². The largest absolute Gasteiger partial charge is 0.480 e. The van der Waals surface area contributed by atoms with Crippen molar-refractivity contribution in [3.8, 4) is 0 Å². The first-order valence-electron chi connectivity index (χ1n) is 4.99. The van der Waals surface area contributed by atoms with E-state index >= 15 is 0 Å². The van der Waals surface area contributed by atoms with E-state index in [9.17, 15) is 14.9 Å². The third-order valence-corrected chi connectivity index (χ3v) is 2.32. The Balaban J connectivity index is 3.04. The third kappa shape index (κ3) is 2.71. The van der Waals surface area contributed by atoms with Gasteiger partial charge < -0.3 is 20.5 Å². The van der Waals surface area contributed by atoms with Crippen LogP contribution < -0.4 is 5.32 Å². The van der Waals surface area contributed by atoms with E-state index in [0.29, 0.717) is 0 Å². The summed E-state index contributed by atoms with van der Waals surface area (Å²) in [6.07, 6.45) is 1.26. The lowest BCUT2D eigenvalue weighted by Crippen LogP contribution is -2.35. The number of anilines is 1. The third-order valence-electron chi connectivity index (χ3n) is 2.32. The fraction of sp³-hybridized carbons (Fsp3) is 0.556. The van der Waals surface area contributed by atoms with E-state index in [2.05, 4.69) is 10.3 Å². The molecule has 17 heavy (non-hydrogen) atoms. The van der Waals surface area contributed by atoms with E-state index in [1.54, 1.807) is 20.9 Å². The van der Waals surface area contributed by atoms with Gasteiger partial charge in [0.1, 0.15) is 6.04 Å². The van der Waals surface area contributed by atoms with Gasteiger partial charge in [0, 0.05) is 7.05 Å². The number of carboxylic acids is 1. The lowest BCUT2D eigenvalue weighted by Gasteiger charge is -2.18. The molecule has 0 bridgehead atoms. The summed E-state index contributed by atoms with van der Waals surface area (Å²) in [7, 11) is 1.56. The highest BCUT2D eigenvalue weighted by molar-refractivity contribution is 5.78. The van der Waals surface area contributed by atoms with Crippen molar-refractivity contribution in [2.45, 2.75) is 19.9 Å². The Morgan fingerprint density at radius 2 is 2.24 bits per heavy atom. The van der Waals surface area contributed by atoms with Crippen LogP contribution in [0.15, 0.2) is 6.33 Å². The Kier molecular flexibility index (Phi) is 3.66. The molecule has 1 atom stereocenters. The topological polar surface area (TPSA) is 110 Å². The Labute approximate surface area is 97.4 Å². The van der Waals surface area contributed by atoms with Crippen LogP contribution in [-0.4, -0.2) is 31.6 Å². The lowest BCUT2D eigenvalue weighted by molar-refractivity contribution is -0.388. The van der Waals surface area contributed by atoms with E-state index < -0.39 is 16.9 Å².